The molecule has 4 nitrogen and oxygen atoms in total. The maximum Gasteiger partial charge on any atom is 0.407 e. The summed E-state index contributed by atoms with van der Waals surface area (Å²) in [4.78, 5) is 16.3. The summed E-state index contributed by atoms with van der Waals surface area (Å²) in [6.07, 6.45) is 16.7. The summed E-state index contributed by atoms with van der Waals surface area (Å²) in [5.41, 5.74) is 4.93. The zero-order valence-corrected chi connectivity index (χ0v) is 19.2. The Morgan fingerprint density at radius 3 is 2.77 bits per heavy atom. The molecular formula is C27H36N2O2. The maximum absolute atomic E-state index is 11.9. The molecule has 1 aromatic rings. The molecule has 5 rings (SSSR count). The van der Waals surface area contributed by atoms with Crippen molar-refractivity contribution in [3.63, 3.8) is 0 Å². The number of fused-ring (bicyclic) bond motifs is 5. The molecule has 0 aromatic carbocycles. The van der Waals surface area contributed by atoms with Crippen LogP contribution in [0.15, 0.2) is 42.3 Å². The van der Waals surface area contributed by atoms with Crippen LogP contribution in [0.3, 0.4) is 0 Å². The fourth-order valence-electron chi connectivity index (χ4n) is 7.60. The Bertz CT molecular complexity index is 907. The third-order valence-electron chi connectivity index (χ3n) is 9.21. The van der Waals surface area contributed by atoms with E-state index in [0.717, 1.165) is 37.0 Å². The molecule has 0 bridgehead atoms. The highest BCUT2D eigenvalue weighted by Gasteiger charge is 2.57. The van der Waals surface area contributed by atoms with E-state index >= 15 is 0 Å². The van der Waals surface area contributed by atoms with Crippen molar-refractivity contribution in [3.8, 4) is 0 Å². The van der Waals surface area contributed by atoms with Gasteiger partial charge in [-0.25, -0.2) is 4.79 Å². The summed E-state index contributed by atoms with van der Waals surface area (Å²) < 4.78 is 5.71. The van der Waals surface area contributed by atoms with Crippen molar-refractivity contribution in [2.75, 3.05) is 6.54 Å². The van der Waals surface area contributed by atoms with Crippen LogP contribution >= 0.6 is 0 Å². The molecule has 6 atom stereocenters. The molecule has 4 aliphatic rings. The molecule has 2 saturated carbocycles. The van der Waals surface area contributed by atoms with Crippen LogP contribution in [-0.4, -0.2) is 23.7 Å². The Hall–Kier alpha value is -2.10. The lowest BCUT2D eigenvalue weighted by Crippen LogP contribution is -2.50. The first-order valence-electron chi connectivity index (χ1n) is 12.2. The predicted octanol–water partition coefficient (Wildman–Crippen LogP) is 6.15. The van der Waals surface area contributed by atoms with Gasteiger partial charge < -0.3 is 10.1 Å². The lowest BCUT2D eigenvalue weighted by molar-refractivity contribution is -0.0262. The Morgan fingerprint density at radius 1 is 1.16 bits per heavy atom. The van der Waals surface area contributed by atoms with Gasteiger partial charge in [0.2, 0.25) is 0 Å². The van der Waals surface area contributed by atoms with Crippen molar-refractivity contribution in [3.05, 3.63) is 47.8 Å². The normalized spacial score (nSPS) is 38.8. The SMILES string of the molecule is CCNC(=O)O[C@H]1CC[C@@]2(C)C(=CC[C@@H]3[C@@H]2CC[C@]2(C)C(c4cccnc4)=CC[C@@H]32)C1. The number of pyridine rings is 1. The molecule has 1 heterocycles. The molecule has 0 saturated heterocycles. The van der Waals surface area contributed by atoms with Crippen molar-refractivity contribution < 1.29 is 9.53 Å². The fraction of sp³-hybridized carbons (Fsp3) is 0.630. The number of carbonyl (C=O) groups excluding carboxylic acids is 1. The van der Waals surface area contributed by atoms with E-state index in [1.807, 2.05) is 19.3 Å². The Labute approximate surface area is 186 Å². The molecule has 2 fully saturated rings. The lowest BCUT2D eigenvalue weighted by atomic mass is 9.47. The first kappa shape index (κ1) is 20.8. The van der Waals surface area contributed by atoms with Crippen LogP contribution in [0.2, 0.25) is 0 Å². The Morgan fingerprint density at radius 2 is 2.00 bits per heavy atom. The molecule has 1 N–H and O–H groups in total. The van der Waals surface area contributed by atoms with E-state index in [1.165, 1.54) is 36.8 Å². The van der Waals surface area contributed by atoms with Gasteiger partial charge in [0.15, 0.2) is 0 Å². The quantitative estimate of drug-likeness (QED) is 0.597. The Kier molecular flexibility index (Phi) is 5.22. The average molecular weight is 421 g/mol. The van der Waals surface area contributed by atoms with Gasteiger partial charge in [0.1, 0.15) is 6.10 Å². The maximum atomic E-state index is 11.9. The highest BCUT2D eigenvalue weighted by Crippen LogP contribution is 2.66. The molecule has 0 spiro atoms. The van der Waals surface area contributed by atoms with E-state index in [-0.39, 0.29) is 23.0 Å². The number of aromatic nitrogens is 1. The zero-order valence-electron chi connectivity index (χ0n) is 19.2. The summed E-state index contributed by atoms with van der Waals surface area (Å²) in [5.74, 6) is 2.22. The minimum absolute atomic E-state index is 0.0293. The third-order valence-corrected chi connectivity index (χ3v) is 9.21. The largest absolute Gasteiger partial charge is 0.446 e. The van der Waals surface area contributed by atoms with Crippen LogP contribution in [-0.2, 0) is 4.74 Å². The standard InChI is InChI=1S/C27H36N2O2/c1-4-29-25(30)31-20-11-13-26(2)19(16-20)7-8-21-23-10-9-22(18-6-5-15-28-17-18)27(23,3)14-12-24(21)26/h5-7,9,15,17,20-21,23-24H,4,8,10-14,16H2,1-3H3,(H,29,30)/t20-,21-,23-,24-,26-,27+/m0/s1. The van der Waals surface area contributed by atoms with Gasteiger partial charge in [-0.2, -0.15) is 0 Å². The summed E-state index contributed by atoms with van der Waals surface area (Å²) in [6, 6.07) is 4.30. The van der Waals surface area contributed by atoms with Gasteiger partial charge in [-0.1, -0.05) is 37.6 Å². The number of carbonyl (C=O) groups is 1. The fourth-order valence-corrected chi connectivity index (χ4v) is 7.60. The van der Waals surface area contributed by atoms with Crippen molar-refractivity contribution in [2.24, 2.45) is 28.6 Å². The van der Waals surface area contributed by atoms with Gasteiger partial charge in [0, 0.05) is 25.4 Å². The van der Waals surface area contributed by atoms with E-state index in [0.29, 0.717) is 6.54 Å². The van der Waals surface area contributed by atoms with Gasteiger partial charge >= 0.3 is 6.09 Å². The molecule has 1 aromatic heterocycles. The Balaban J connectivity index is 1.35. The van der Waals surface area contributed by atoms with E-state index < -0.39 is 0 Å². The number of ether oxygens (including phenoxy) is 1. The molecule has 4 heteroatoms. The summed E-state index contributed by atoms with van der Waals surface area (Å²) in [6.45, 7) is 7.56. The summed E-state index contributed by atoms with van der Waals surface area (Å²) in [7, 11) is 0. The van der Waals surface area contributed by atoms with Crippen LogP contribution in [0, 0.1) is 28.6 Å². The molecule has 0 aliphatic heterocycles. The van der Waals surface area contributed by atoms with Crippen LogP contribution in [0.25, 0.3) is 5.57 Å². The number of rotatable bonds is 3. The monoisotopic (exact) mass is 420 g/mol. The van der Waals surface area contributed by atoms with E-state index in [2.05, 4.69) is 48.4 Å². The van der Waals surface area contributed by atoms with E-state index in [1.54, 1.807) is 5.57 Å². The molecule has 31 heavy (non-hydrogen) atoms. The van der Waals surface area contributed by atoms with Crippen LogP contribution in [0.4, 0.5) is 4.79 Å². The zero-order chi connectivity index (χ0) is 21.6. The second-order valence-electron chi connectivity index (χ2n) is 10.6. The summed E-state index contributed by atoms with van der Waals surface area (Å²) >= 11 is 0. The molecular weight excluding hydrogens is 384 g/mol. The van der Waals surface area contributed by atoms with Crippen LogP contribution in [0.5, 0.6) is 0 Å². The number of hydrogen-bond acceptors (Lipinski definition) is 3. The second-order valence-corrected chi connectivity index (χ2v) is 10.6. The minimum Gasteiger partial charge on any atom is -0.446 e. The van der Waals surface area contributed by atoms with Gasteiger partial charge in [0.25, 0.3) is 0 Å². The number of amides is 1. The van der Waals surface area contributed by atoms with Crippen LogP contribution in [0.1, 0.15) is 71.3 Å². The molecule has 0 radical (unpaired) electrons. The highest BCUT2D eigenvalue weighted by molar-refractivity contribution is 5.72. The number of alkyl carbamates (subject to hydrolysis) is 1. The average Bonchev–Trinajstić information content (AvgIpc) is 3.12. The minimum atomic E-state index is -0.265. The first-order valence-corrected chi connectivity index (χ1v) is 12.2. The molecule has 1 amide bonds. The molecule has 166 valence electrons. The van der Waals surface area contributed by atoms with Crippen molar-refractivity contribution in [2.45, 2.75) is 71.8 Å². The van der Waals surface area contributed by atoms with Crippen molar-refractivity contribution in [1.82, 2.24) is 10.3 Å². The van der Waals surface area contributed by atoms with Crippen molar-refractivity contribution in [1.29, 1.82) is 0 Å². The number of hydrogen-bond donors (Lipinski definition) is 1. The first-order chi connectivity index (χ1) is 15.0. The summed E-state index contributed by atoms with van der Waals surface area (Å²) in [5, 5.41) is 2.78. The third kappa shape index (κ3) is 3.34. The van der Waals surface area contributed by atoms with Crippen molar-refractivity contribution >= 4 is 11.7 Å². The smallest absolute Gasteiger partial charge is 0.407 e. The second kappa shape index (κ2) is 7.79. The topological polar surface area (TPSA) is 51.2 Å². The predicted molar refractivity (Wildman–Crippen MR) is 123 cm³/mol. The van der Waals surface area contributed by atoms with Gasteiger partial charge in [0.05, 0.1) is 0 Å². The van der Waals surface area contributed by atoms with Gasteiger partial charge in [-0.15, -0.1) is 0 Å². The van der Waals surface area contributed by atoms with E-state index in [4.69, 9.17) is 4.74 Å². The van der Waals surface area contributed by atoms with Crippen LogP contribution < -0.4 is 5.32 Å². The van der Waals surface area contributed by atoms with Gasteiger partial charge in [-0.05, 0) is 91.2 Å². The number of allylic oxidation sites excluding steroid dienone is 3. The molecule has 4 aliphatic carbocycles. The van der Waals surface area contributed by atoms with Gasteiger partial charge in [-0.3, -0.25) is 4.98 Å². The lowest BCUT2D eigenvalue weighted by Gasteiger charge is -2.57. The number of nitrogens with one attached hydrogen (secondary N) is 1. The molecule has 0 unspecified atom stereocenters. The van der Waals surface area contributed by atoms with E-state index in [9.17, 15) is 4.79 Å². The number of nitrogens with zero attached hydrogens (tertiary/aromatic N) is 1. The highest BCUT2D eigenvalue weighted by atomic mass is 16.6.